The van der Waals surface area contributed by atoms with Gasteiger partial charge in [-0.2, -0.15) is 18.4 Å². The number of nitrogens with zero attached hydrogens (tertiary/aromatic N) is 3. The summed E-state index contributed by atoms with van der Waals surface area (Å²) in [4.78, 5) is 12.1. The Balaban J connectivity index is 1.82. The highest BCUT2D eigenvalue weighted by molar-refractivity contribution is 6.02. The second-order valence-corrected chi connectivity index (χ2v) is 4.90. The van der Waals surface area contributed by atoms with E-state index in [0.717, 1.165) is 6.07 Å². The minimum atomic E-state index is -4.58. The topological polar surface area (TPSA) is 95.6 Å². The molecule has 25 heavy (non-hydrogen) atoms. The fourth-order valence-corrected chi connectivity index (χ4v) is 2.18. The molecule has 0 unspecified atom stereocenters. The molecule has 0 saturated carbocycles. The lowest BCUT2D eigenvalue weighted by molar-refractivity contribution is -0.136. The number of aromatic amines is 1. The highest BCUT2D eigenvalue weighted by Crippen LogP contribution is 2.34. The minimum absolute atomic E-state index is 0.242. The maximum absolute atomic E-state index is 13.0. The van der Waals surface area contributed by atoms with Crippen LogP contribution < -0.4 is 10.6 Å². The standard InChI is InChI=1S/C15H11F3N6O/c16-15(17,18)10-6-2-4-8-12(10)20-14(25)19-11-7-3-1-5-9(11)13-21-23-24-22-13/h1-8H,(H2,19,20,25)(H,21,22,23,24). The summed E-state index contributed by atoms with van der Waals surface area (Å²) in [7, 11) is 0. The van der Waals surface area contributed by atoms with E-state index in [-0.39, 0.29) is 11.5 Å². The zero-order valence-electron chi connectivity index (χ0n) is 12.5. The van der Waals surface area contributed by atoms with Gasteiger partial charge in [-0.25, -0.2) is 4.79 Å². The number of halogens is 3. The van der Waals surface area contributed by atoms with Gasteiger partial charge in [0.25, 0.3) is 0 Å². The lowest BCUT2D eigenvalue weighted by Crippen LogP contribution is -2.22. The molecular weight excluding hydrogens is 337 g/mol. The van der Waals surface area contributed by atoms with Gasteiger partial charge < -0.3 is 10.6 Å². The summed E-state index contributed by atoms with van der Waals surface area (Å²) in [6, 6.07) is 10.5. The minimum Gasteiger partial charge on any atom is -0.307 e. The molecule has 0 atom stereocenters. The zero-order valence-corrected chi connectivity index (χ0v) is 12.5. The van der Waals surface area contributed by atoms with Crippen LogP contribution in [0.25, 0.3) is 11.4 Å². The van der Waals surface area contributed by atoms with Gasteiger partial charge in [0.15, 0.2) is 0 Å². The summed E-state index contributed by atoms with van der Waals surface area (Å²) in [6.45, 7) is 0. The van der Waals surface area contributed by atoms with Crippen molar-refractivity contribution in [1.29, 1.82) is 0 Å². The Morgan fingerprint density at radius 3 is 2.28 bits per heavy atom. The number of H-pyrrole nitrogens is 1. The van der Waals surface area contributed by atoms with Gasteiger partial charge in [0.05, 0.1) is 16.9 Å². The first-order valence-corrected chi connectivity index (χ1v) is 7.02. The van der Waals surface area contributed by atoms with E-state index in [9.17, 15) is 18.0 Å². The number of carbonyl (C=O) groups excluding carboxylic acids is 1. The van der Waals surface area contributed by atoms with Crippen LogP contribution in [0.15, 0.2) is 48.5 Å². The molecule has 7 nitrogen and oxygen atoms in total. The number of aromatic nitrogens is 4. The van der Waals surface area contributed by atoms with Gasteiger partial charge in [0.1, 0.15) is 0 Å². The van der Waals surface area contributed by atoms with E-state index in [1.165, 1.54) is 18.2 Å². The molecule has 0 spiro atoms. The van der Waals surface area contributed by atoms with Gasteiger partial charge in [-0.3, -0.25) is 0 Å². The summed E-state index contributed by atoms with van der Waals surface area (Å²) in [6.07, 6.45) is -4.58. The third kappa shape index (κ3) is 3.74. The number of tetrazole rings is 1. The smallest absolute Gasteiger partial charge is 0.307 e. The maximum atomic E-state index is 13.0. The number of nitrogens with one attached hydrogen (secondary N) is 3. The molecule has 2 aromatic carbocycles. The molecule has 2 amide bonds. The number of amides is 2. The van der Waals surface area contributed by atoms with E-state index in [1.54, 1.807) is 24.3 Å². The summed E-state index contributed by atoms with van der Waals surface area (Å²) in [5.74, 6) is 0.242. The molecule has 0 aliphatic rings. The van der Waals surface area contributed by atoms with Gasteiger partial charge >= 0.3 is 12.2 Å². The summed E-state index contributed by atoms with van der Waals surface area (Å²) < 4.78 is 38.9. The number of urea groups is 1. The van der Waals surface area contributed by atoms with Crippen molar-refractivity contribution in [3.8, 4) is 11.4 Å². The SMILES string of the molecule is O=C(Nc1ccccc1-c1nn[nH]n1)Nc1ccccc1C(F)(F)F. The number of benzene rings is 2. The molecule has 0 aliphatic heterocycles. The average Bonchev–Trinajstić information content (AvgIpc) is 3.09. The van der Waals surface area contributed by atoms with Crippen LogP contribution in [0.5, 0.6) is 0 Å². The number of anilines is 2. The van der Waals surface area contributed by atoms with E-state index in [2.05, 4.69) is 31.3 Å². The number of alkyl halides is 3. The molecule has 3 rings (SSSR count). The normalized spacial score (nSPS) is 11.2. The van der Waals surface area contributed by atoms with Crippen LogP contribution in [0.2, 0.25) is 0 Å². The Kier molecular flexibility index (Phi) is 4.33. The second-order valence-electron chi connectivity index (χ2n) is 4.90. The quantitative estimate of drug-likeness (QED) is 0.675. The molecule has 0 radical (unpaired) electrons. The molecular formula is C15H11F3N6O. The number of hydrogen-bond donors (Lipinski definition) is 3. The van der Waals surface area contributed by atoms with Gasteiger partial charge in [0, 0.05) is 5.56 Å². The van der Waals surface area contributed by atoms with E-state index in [4.69, 9.17) is 0 Å². The van der Waals surface area contributed by atoms with E-state index in [1.807, 2.05) is 0 Å². The Labute approximate surface area is 139 Å². The number of hydrogen-bond acceptors (Lipinski definition) is 4. The van der Waals surface area contributed by atoms with Crippen molar-refractivity contribution >= 4 is 17.4 Å². The molecule has 0 fully saturated rings. The van der Waals surface area contributed by atoms with Crippen molar-refractivity contribution in [2.45, 2.75) is 6.18 Å². The van der Waals surface area contributed by atoms with Gasteiger partial charge in [-0.05, 0) is 29.5 Å². The number of para-hydroxylation sites is 2. The second kappa shape index (κ2) is 6.59. The number of carbonyl (C=O) groups is 1. The summed E-state index contributed by atoms with van der Waals surface area (Å²) in [5, 5.41) is 18.0. The fourth-order valence-electron chi connectivity index (χ4n) is 2.18. The highest BCUT2D eigenvalue weighted by Gasteiger charge is 2.33. The first kappa shape index (κ1) is 16.4. The van der Waals surface area contributed by atoms with Crippen LogP contribution >= 0.6 is 0 Å². The van der Waals surface area contributed by atoms with Crippen LogP contribution in [0.4, 0.5) is 29.3 Å². The van der Waals surface area contributed by atoms with Crippen LogP contribution in [0.1, 0.15) is 5.56 Å². The lowest BCUT2D eigenvalue weighted by Gasteiger charge is -2.14. The maximum Gasteiger partial charge on any atom is 0.418 e. The summed E-state index contributed by atoms with van der Waals surface area (Å²) >= 11 is 0. The van der Waals surface area contributed by atoms with Gasteiger partial charge in [-0.1, -0.05) is 24.3 Å². The Bertz CT molecular complexity index is 879. The molecule has 0 aliphatic carbocycles. The van der Waals surface area contributed by atoms with Crippen LogP contribution in [0, 0.1) is 0 Å². The molecule has 3 aromatic rings. The van der Waals surface area contributed by atoms with E-state index < -0.39 is 17.8 Å². The Morgan fingerprint density at radius 1 is 0.960 bits per heavy atom. The average molecular weight is 348 g/mol. The predicted octanol–water partition coefficient (Wildman–Crippen LogP) is 3.53. The predicted molar refractivity (Wildman–Crippen MR) is 83.7 cm³/mol. The van der Waals surface area contributed by atoms with Gasteiger partial charge in [-0.15, -0.1) is 10.2 Å². The number of rotatable bonds is 3. The highest BCUT2D eigenvalue weighted by atomic mass is 19.4. The van der Waals surface area contributed by atoms with Crippen LogP contribution in [-0.2, 0) is 6.18 Å². The molecule has 128 valence electrons. The summed E-state index contributed by atoms with van der Waals surface area (Å²) in [5.41, 5.74) is -0.484. The molecule has 1 heterocycles. The molecule has 10 heteroatoms. The van der Waals surface area contributed by atoms with Crippen molar-refractivity contribution in [3.63, 3.8) is 0 Å². The van der Waals surface area contributed by atoms with Crippen LogP contribution in [0.3, 0.4) is 0 Å². The first-order valence-electron chi connectivity index (χ1n) is 7.02. The van der Waals surface area contributed by atoms with Crippen molar-refractivity contribution in [1.82, 2.24) is 20.6 Å². The van der Waals surface area contributed by atoms with Crippen molar-refractivity contribution in [3.05, 3.63) is 54.1 Å². The lowest BCUT2D eigenvalue weighted by atomic mass is 10.1. The van der Waals surface area contributed by atoms with Crippen molar-refractivity contribution < 1.29 is 18.0 Å². The molecule has 1 aromatic heterocycles. The fraction of sp³-hybridized carbons (Fsp3) is 0.0667. The van der Waals surface area contributed by atoms with E-state index in [0.29, 0.717) is 11.3 Å². The zero-order chi connectivity index (χ0) is 17.9. The molecule has 0 saturated heterocycles. The monoisotopic (exact) mass is 348 g/mol. The Hall–Kier alpha value is -3.43. The van der Waals surface area contributed by atoms with Gasteiger partial charge in [0.2, 0.25) is 5.82 Å². The first-order chi connectivity index (χ1) is 11.9. The largest absolute Gasteiger partial charge is 0.418 e. The molecule has 3 N–H and O–H groups in total. The van der Waals surface area contributed by atoms with Crippen LogP contribution in [-0.4, -0.2) is 26.7 Å². The third-order valence-corrected chi connectivity index (χ3v) is 3.24. The Morgan fingerprint density at radius 2 is 1.60 bits per heavy atom. The third-order valence-electron chi connectivity index (χ3n) is 3.24. The van der Waals surface area contributed by atoms with E-state index >= 15 is 0 Å². The molecule has 0 bridgehead atoms. The van der Waals surface area contributed by atoms with Crippen molar-refractivity contribution in [2.24, 2.45) is 0 Å². The van der Waals surface area contributed by atoms with Crippen molar-refractivity contribution in [2.75, 3.05) is 10.6 Å².